The van der Waals surface area contributed by atoms with Gasteiger partial charge in [0.25, 0.3) is 5.91 Å². The normalized spacial score (nSPS) is 17.3. The maximum Gasteiger partial charge on any atom is 0.254 e. The van der Waals surface area contributed by atoms with E-state index in [0.717, 1.165) is 31.7 Å². The van der Waals surface area contributed by atoms with Gasteiger partial charge < -0.3 is 10.6 Å². The van der Waals surface area contributed by atoms with Crippen LogP contribution in [0.15, 0.2) is 18.2 Å². The van der Waals surface area contributed by atoms with Crippen LogP contribution in [0.1, 0.15) is 36.7 Å². The Morgan fingerprint density at radius 3 is 2.25 bits per heavy atom. The third-order valence-corrected chi connectivity index (χ3v) is 4.04. The fourth-order valence-electron chi connectivity index (χ4n) is 2.54. The van der Waals surface area contributed by atoms with Crippen molar-refractivity contribution in [2.75, 3.05) is 31.9 Å². The van der Waals surface area contributed by atoms with Crippen LogP contribution >= 0.6 is 0 Å². The van der Waals surface area contributed by atoms with Crippen molar-refractivity contribution in [1.29, 1.82) is 0 Å². The van der Waals surface area contributed by atoms with Crippen molar-refractivity contribution >= 4 is 11.6 Å². The van der Waals surface area contributed by atoms with Gasteiger partial charge in [-0.3, -0.25) is 9.69 Å². The lowest BCUT2D eigenvalue weighted by molar-refractivity contribution is 0.0451. The summed E-state index contributed by atoms with van der Waals surface area (Å²) in [4.78, 5) is 16.8. The number of rotatable bonds is 1. The molecule has 0 radical (unpaired) electrons. The average Bonchev–Trinajstić information content (AvgIpc) is 2.40. The maximum atomic E-state index is 12.5. The highest BCUT2D eigenvalue weighted by atomic mass is 16.2. The molecule has 0 saturated carbocycles. The molecule has 0 bridgehead atoms. The van der Waals surface area contributed by atoms with Crippen molar-refractivity contribution in [2.24, 2.45) is 0 Å². The molecule has 1 heterocycles. The molecule has 20 heavy (non-hydrogen) atoms. The summed E-state index contributed by atoms with van der Waals surface area (Å²) in [5.41, 5.74) is 8.45. The van der Waals surface area contributed by atoms with Gasteiger partial charge in [0.15, 0.2) is 0 Å². The molecule has 1 aliphatic heterocycles. The average molecular weight is 275 g/mol. The fourth-order valence-corrected chi connectivity index (χ4v) is 2.54. The van der Waals surface area contributed by atoms with Crippen LogP contribution in [0.5, 0.6) is 0 Å². The predicted octanol–water partition coefficient (Wildman–Crippen LogP) is 2.13. The van der Waals surface area contributed by atoms with E-state index in [1.54, 1.807) is 6.07 Å². The van der Waals surface area contributed by atoms with E-state index in [9.17, 15) is 4.79 Å². The molecule has 0 spiro atoms. The standard InChI is InChI=1S/C16H25N3O/c1-12-5-6-13(11-14(12)17)15(20)18-7-9-19(10-8-18)16(2,3)4/h5-6,11H,7-10,17H2,1-4H3. The molecule has 4 nitrogen and oxygen atoms in total. The number of hydrogen-bond donors (Lipinski definition) is 1. The first-order valence-electron chi connectivity index (χ1n) is 7.19. The van der Waals surface area contributed by atoms with Crippen LogP contribution < -0.4 is 5.73 Å². The van der Waals surface area contributed by atoms with Gasteiger partial charge in [-0.15, -0.1) is 0 Å². The van der Waals surface area contributed by atoms with E-state index in [4.69, 9.17) is 5.73 Å². The van der Waals surface area contributed by atoms with Crippen LogP contribution in [-0.2, 0) is 0 Å². The number of amides is 1. The van der Waals surface area contributed by atoms with Gasteiger partial charge in [-0.1, -0.05) is 6.07 Å². The molecule has 1 saturated heterocycles. The van der Waals surface area contributed by atoms with Crippen LogP contribution in [0.4, 0.5) is 5.69 Å². The highest BCUT2D eigenvalue weighted by molar-refractivity contribution is 5.95. The molecule has 4 heteroatoms. The van der Waals surface area contributed by atoms with Gasteiger partial charge in [-0.25, -0.2) is 0 Å². The van der Waals surface area contributed by atoms with Crippen molar-refractivity contribution in [1.82, 2.24) is 9.80 Å². The number of benzene rings is 1. The maximum absolute atomic E-state index is 12.5. The van der Waals surface area contributed by atoms with Gasteiger partial charge in [0, 0.05) is 43.0 Å². The number of nitrogens with two attached hydrogens (primary N) is 1. The second-order valence-corrected chi connectivity index (χ2v) is 6.52. The quantitative estimate of drug-likeness (QED) is 0.799. The second kappa shape index (κ2) is 5.44. The Morgan fingerprint density at radius 1 is 1.15 bits per heavy atom. The highest BCUT2D eigenvalue weighted by Crippen LogP contribution is 2.19. The summed E-state index contributed by atoms with van der Waals surface area (Å²) in [6.45, 7) is 12.0. The van der Waals surface area contributed by atoms with Crippen molar-refractivity contribution in [3.63, 3.8) is 0 Å². The molecule has 1 amide bonds. The minimum absolute atomic E-state index is 0.0882. The number of nitrogens with zero attached hydrogens (tertiary/aromatic N) is 2. The van der Waals surface area contributed by atoms with Crippen LogP contribution in [0.25, 0.3) is 0 Å². The molecule has 0 aliphatic carbocycles. The van der Waals surface area contributed by atoms with Gasteiger partial charge in [-0.05, 0) is 45.4 Å². The van der Waals surface area contributed by atoms with Crippen LogP contribution in [0, 0.1) is 6.92 Å². The van der Waals surface area contributed by atoms with Crippen LogP contribution in [0.3, 0.4) is 0 Å². The Hall–Kier alpha value is -1.55. The molecule has 1 aromatic carbocycles. The highest BCUT2D eigenvalue weighted by Gasteiger charge is 2.28. The van der Waals surface area contributed by atoms with Crippen LogP contribution in [-0.4, -0.2) is 47.4 Å². The van der Waals surface area contributed by atoms with Gasteiger partial charge in [0.05, 0.1) is 0 Å². The fraction of sp³-hybridized carbons (Fsp3) is 0.562. The molecule has 1 aromatic rings. The minimum atomic E-state index is 0.0882. The van der Waals surface area contributed by atoms with E-state index in [1.807, 2.05) is 24.0 Å². The summed E-state index contributed by atoms with van der Waals surface area (Å²) in [6.07, 6.45) is 0. The molecule has 0 atom stereocenters. The minimum Gasteiger partial charge on any atom is -0.398 e. The molecule has 110 valence electrons. The van der Waals surface area contributed by atoms with E-state index in [-0.39, 0.29) is 11.4 Å². The van der Waals surface area contributed by atoms with Gasteiger partial charge in [0.2, 0.25) is 0 Å². The summed E-state index contributed by atoms with van der Waals surface area (Å²) in [5, 5.41) is 0. The van der Waals surface area contributed by atoms with Gasteiger partial charge >= 0.3 is 0 Å². The number of hydrogen-bond acceptors (Lipinski definition) is 3. The Kier molecular flexibility index (Phi) is 4.04. The largest absolute Gasteiger partial charge is 0.398 e. The molecule has 1 aliphatic rings. The summed E-state index contributed by atoms with van der Waals surface area (Å²) >= 11 is 0. The number of aryl methyl sites for hydroxylation is 1. The summed E-state index contributed by atoms with van der Waals surface area (Å²) in [6, 6.07) is 5.56. The van der Waals surface area contributed by atoms with Crippen molar-refractivity contribution < 1.29 is 4.79 Å². The van der Waals surface area contributed by atoms with E-state index in [0.29, 0.717) is 11.3 Å². The van der Waals surface area contributed by atoms with Crippen molar-refractivity contribution in [3.8, 4) is 0 Å². The predicted molar refractivity (Wildman–Crippen MR) is 82.8 cm³/mol. The van der Waals surface area contributed by atoms with Crippen LogP contribution in [0.2, 0.25) is 0 Å². The number of carbonyl (C=O) groups excluding carboxylic acids is 1. The zero-order valence-electron chi connectivity index (χ0n) is 12.9. The third kappa shape index (κ3) is 3.12. The van der Waals surface area contributed by atoms with E-state index in [2.05, 4.69) is 25.7 Å². The second-order valence-electron chi connectivity index (χ2n) is 6.52. The zero-order valence-corrected chi connectivity index (χ0v) is 12.9. The summed E-state index contributed by atoms with van der Waals surface area (Å²) in [5.74, 6) is 0.0882. The lowest BCUT2D eigenvalue weighted by Crippen LogP contribution is -2.54. The molecule has 0 unspecified atom stereocenters. The Balaban J connectivity index is 2.03. The van der Waals surface area contributed by atoms with Gasteiger partial charge in [-0.2, -0.15) is 0 Å². The summed E-state index contributed by atoms with van der Waals surface area (Å²) in [7, 11) is 0. The number of anilines is 1. The molecule has 2 N–H and O–H groups in total. The van der Waals surface area contributed by atoms with Crippen molar-refractivity contribution in [2.45, 2.75) is 33.2 Å². The zero-order chi connectivity index (χ0) is 14.9. The topological polar surface area (TPSA) is 49.6 Å². The molecular formula is C16H25N3O. The summed E-state index contributed by atoms with van der Waals surface area (Å²) < 4.78 is 0. The molecular weight excluding hydrogens is 250 g/mol. The lowest BCUT2D eigenvalue weighted by atomic mass is 10.0. The molecule has 2 rings (SSSR count). The smallest absolute Gasteiger partial charge is 0.254 e. The Bertz CT molecular complexity index is 497. The first-order valence-corrected chi connectivity index (χ1v) is 7.19. The molecule has 1 fully saturated rings. The first-order chi connectivity index (χ1) is 9.29. The Morgan fingerprint density at radius 2 is 1.75 bits per heavy atom. The SMILES string of the molecule is Cc1ccc(C(=O)N2CCN(C(C)(C)C)CC2)cc1N. The monoisotopic (exact) mass is 275 g/mol. The number of piperazine rings is 1. The molecule has 0 aromatic heterocycles. The number of nitrogen functional groups attached to an aromatic ring is 1. The van der Waals surface area contributed by atoms with E-state index >= 15 is 0 Å². The van der Waals surface area contributed by atoms with Crippen molar-refractivity contribution in [3.05, 3.63) is 29.3 Å². The Labute approximate surface area is 121 Å². The lowest BCUT2D eigenvalue weighted by Gasteiger charge is -2.42. The first kappa shape index (κ1) is 14.9. The number of carbonyl (C=O) groups is 1. The third-order valence-electron chi connectivity index (χ3n) is 4.04. The van der Waals surface area contributed by atoms with E-state index in [1.165, 1.54) is 0 Å². The van der Waals surface area contributed by atoms with Gasteiger partial charge in [0.1, 0.15) is 0 Å². The van der Waals surface area contributed by atoms with E-state index < -0.39 is 0 Å².